The van der Waals surface area contributed by atoms with E-state index in [9.17, 15) is 19.2 Å². The minimum absolute atomic E-state index is 0.0316. The van der Waals surface area contributed by atoms with Gasteiger partial charge < -0.3 is 24.8 Å². The topological polar surface area (TPSA) is 130 Å². The molecule has 2 aromatic carbocycles. The molecule has 3 aromatic rings. The molecule has 0 atom stereocenters. The zero-order chi connectivity index (χ0) is 27.3. The molecule has 12 heteroatoms. The number of aromatic nitrogens is 2. The smallest absolute Gasteiger partial charge is 0.407 e. The Hall–Kier alpha value is -3.99. The van der Waals surface area contributed by atoms with Gasteiger partial charge in [0.25, 0.3) is 5.56 Å². The van der Waals surface area contributed by atoms with E-state index in [4.69, 9.17) is 25.8 Å². The van der Waals surface area contributed by atoms with E-state index in [1.807, 2.05) is 0 Å². The number of hydrogen-bond donors (Lipinski definition) is 2. The van der Waals surface area contributed by atoms with Crippen LogP contribution >= 0.6 is 11.6 Å². The SMILES string of the molecule is COc1cc(OC)c(NC(=O)Cn2c(=O)n(CCNC(=O)OC(C)(C)C)c(=O)c3ccccc32)cc1Cl. The van der Waals surface area contributed by atoms with Gasteiger partial charge in [0.15, 0.2) is 0 Å². The number of amides is 2. The van der Waals surface area contributed by atoms with E-state index in [2.05, 4.69) is 10.6 Å². The lowest BCUT2D eigenvalue weighted by molar-refractivity contribution is -0.116. The van der Waals surface area contributed by atoms with E-state index < -0.39 is 35.4 Å². The second-order valence-electron chi connectivity index (χ2n) is 9.01. The van der Waals surface area contributed by atoms with Gasteiger partial charge in [0, 0.05) is 19.2 Å². The van der Waals surface area contributed by atoms with Gasteiger partial charge in [-0.15, -0.1) is 0 Å². The molecule has 0 aliphatic heterocycles. The number of carbonyl (C=O) groups excluding carboxylic acids is 2. The summed E-state index contributed by atoms with van der Waals surface area (Å²) in [4.78, 5) is 51.3. The number of nitrogens with one attached hydrogen (secondary N) is 2. The predicted octanol–water partition coefficient (Wildman–Crippen LogP) is 3.00. The van der Waals surface area contributed by atoms with Crippen LogP contribution in [0.4, 0.5) is 10.5 Å². The maximum atomic E-state index is 13.3. The molecule has 0 fully saturated rings. The van der Waals surface area contributed by atoms with Crippen LogP contribution in [0.3, 0.4) is 0 Å². The number of anilines is 1. The molecule has 0 unspecified atom stereocenters. The summed E-state index contributed by atoms with van der Waals surface area (Å²) in [6.45, 7) is 4.62. The Kier molecular flexibility index (Phi) is 8.49. The van der Waals surface area contributed by atoms with Gasteiger partial charge in [0.2, 0.25) is 5.91 Å². The zero-order valence-electron chi connectivity index (χ0n) is 21.2. The van der Waals surface area contributed by atoms with Crippen LogP contribution in [-0.2, 0) is 22.6 Å². The van der Waals surface area contributed by atoms with Crippen LogP contribution in [0.25, 0.3) is 10.9 Å². The van der Waals surface area contributed by atoms with Crippen LogP contribution in [0.1, 0.15) is 20.8 Å². The van der Waals surface area contributed by atoms with E-state index in [0.29, 0.717) is 17.0 Å². The number of nitrogens with zero attached hydrogens (tertiary/aromatic N) is 2. The lowest BCUT2D eigenvalue weighted by Gasteiger charge is -2.20. The highest BCUT2D eigenvalue weighted by atomic mass is 35.5. The molecule has 1 heterocycles. The molecule has 0 bridgehead atoms. The molecule has 1 aromatic heterocycles. The Morgan fingerprint density at radius 1 is 1.00 bits per heavy atom. The van der Waals surface area contributed by atoms with Crippen molar-refractivity contribution in [3.8, 4) is 11.5 Å². The van der Waals surface area contributed by atoms with E-state index in [0.717, 1.165) is 4.57 Å². The number of methoxy groups -OCH3 is 2. The Bertz CT molecular complexity index is 1440. The number of alkyl carbamates (subject to hydrolysis) is 1. The molecule has 37 heavy (non-hydrogen) atoms. The van der Waals surface area contributed by atoms with Gasteiger partial charge in [-0.05, 0) is 39.0 Å². The van der Waals surface area contributed by atoms with Crippen LogP contribution in [-0.4, -0.2) is 47.5 Å². The van der Waals surface area contributed by atoms with E-state index in [1.54, 1.807) is 45.0 Å². The molecule has 2 amide bonds. The summed E-state index contributed by atoms with van der Waals surface area (Å²) < 4.78 is 17.8. The van der Waals surface area contributed by atoms with Gasteiger partial charge in [-0.1, -0.05) is 23.7 Å². The van der Waals surface area contributed by atoms with Crippen molar-refractivity contribution in [1.82, 2.24) is 14.5 Å². The summed E-state index contributed by atoms with van der Waals surface area (Å²) >= 11 is 6.19. The van der Waals surface area contributed by atoms with Crippen molar-refractivity contribution >= 4 is 40.2 Å². The van der Waals surface area contributed by atoms with E-state index in [1.165, 1.54) is 30.9 Å². The number of carbonyl (C=O) groups is 2. The number of para-hydroxylation sites is 1. The Labute approximate surface area is 217 Å². The van der Waals surface area contributed by atoms with Crippen molar-refractivity contribution in [3.05, 3.63) is 62.3 Å². The van der Waals surface area contributed by atoms with Crippen LogP contribution in [0, 0.1) is 0 Å². The Balaban J connectivity index is 1.90. The van der Waals surface area contributed by atoms with E-state index in [-0.39, 0.29) is 29.2 Å². The van der Waals surface area contributed by atoms with Crippen LogP contribution in [0.5, 0.6) is 11.5 Å². The molecule has 3 rings (SSSR count). The first kappa shape index (κ1) is 27.6. The maximum absolute atomic E-state index is 13.3. The van der Waals surface area contributed by atoms with Crippen molar-refractivity contribution in [2.24, 2.45) is 0 Å². The molecule has 0 spiro atoms. The molecule has 2 N–H and O–H groups in total. The fourth-order valence-corrected chi connectivity index (χ4v) is 3.84. The Morgan fingerprint density at radius 2 is 1.68 bits per heavy atom. The highest BCUT2D eigenvalue weighted by Crippen LogP contribution is 2.35. The van der Waals surface area contributed by atoms with Crippen molar-refractivity contribution in [2.45, 2.75) is 39.5 Å². The molecular formula is C25H29ClN4O7. The summed E-state index contributed by atoms with van der Waals surface area (Å²) in [5.41, 5.74) is -1.36. The quantitative estimate of drug-likeness (QED) is 0.456. The van der Waals surface area contributed by atoms with Gasteiger partial charge in [-0.2, -0.15) is 0 Å². The van der Waals surface area contributed by atoms with Crippen molar-refractivity contribution in [1.29, 1.82) is 0 Å². The van der Waals surface area contributed by atoms with Crippen molar-refractivity contribution in [3.63, 3.8) is 0 Å². The normalized spacial score (nSPS) is 11.2. The van der Waals surface area contributed by atoms with Gasteiger partial charge >= 0.3 is 11.8 Å². The highest BCUT2D eigenvalue weighted by Gasteiger charge is 2.19. The first-order valence-corrected chi connectivity index (χ1v) is 11.7. The zero-order valence-corrected chi connectivity index (χ0v) is 22.0. The average Bonchev–Trinajstić information content (AvgIpc) is 2.83. The largest absolute Gasteiger partial charge is 0.495 e. The third kappa shape index (κ3) is 6.62. The number of ether oxygens (including phenoxy) is 3. The standard InChI is InChI=1S/C25H29ClN4O7/c1-25(2,3)37-23(33)27-10-11-29-22(32)15-8-6-7-9-18(15)30(24(29)34)14-21(31)28-17-12-16(26)19(35-4)13-20(17)36-5/h6-9,12-13H,10-11,14H2,1-5H3,(H,27,33)(H,28,31). The van der Waals surface area contributed by atoms with Crippen LogP contribution in [0.15, 0.2) is 46.0 Å². The van der Waals surface area contributed by atoms with Crippen LogP contribution in [0.2, 0.25) is 5.02 Å². The molecule has 0 saturated heterocycles. The summed E-state index contributed by atoms with van der Waals surface area (Å²) in [5.74, 6) is 0.125. The van der Waals surface area contributed by atoms with Crippen molar-refractivity contribution < 1.29 is 23.8 Å². The number of hydrogen-bond acceptors (Lipinski definition) is 7. The third-order valence-electron chi connectivity index (χ3n) is 5.19. The number of fused-ring (bicyclic) bond motifs is 1. The molecule has 198 valence electrons. The fourth-order valence-electron chi connectivity index (χ4n) is 3.60. The minimum Gasteiger partial charge on any atom is -0.495 e. The first-order valence-electron chi connectivity index (χ1n) is 11.4. The monoisotopic (exact) mass is 532 g/mol. The molecule has 11 nitrogen and oxygen atoms in total. The lowest BCUT2D eigenvalue weighted by atomic mass is 10.2. The second-order valence-corrected chi connectivity index (χ2v) is 9.41. The Morgan fingerprint density at radius 3 is 2.32 bits per heavy atom. The highest BCUT2D eigenvalue weighted by molar-refractivity contribution is 6.32. The second kappa shape index (κ2) is 11.4. The molecule has 0 aliphatic rings. The van der Waals surface area contributed by atoms with Gasteiger partial charge in [-0.3, -0.25) is 18.7 Å². The maximum Gasteiger partial charge on any atom is 0.407 e. The van der Waals surface area contributed by atoms with Gasteiger partial charge in [0.05, 0.1) is 35.8 Å². The third-order valence-corrected chi connectivity index (χ3v) is 5.48. The average molecular weight is 533 g/mol. The molecule has 0 saturated carbocycles. The summed E-state index contributed by atoms with van der Waals surface area (Å²) in [6, 6.07) is 9.47. The molecule has 0 radical (unpaired) electrons. The van der Waals surface area contributed by atoms with E-state index >= 15 is 0 Å². The van der Waals surface area contributed by atoms with Crippen LogP contribution < -0.4 is 31.4 Å². The summed E-state index contributed by atoms with van der Waals surface area (Å²) in [7, 11) is 2.88. The fraction of sp³-hybridized carbons (Fsp3) is 0.360. The number of benzene rings is 2. The van der Waals surface area contributed by atoms with Crippen molar-refractivity contribution in [2.75, 3.05) is 26.1 Å². The molecular weight excluding hydrogens is 504 g/mol. The minimum atomic E-state index is -0.704. The predicted molar refractivity (Wildman–Crippen MR) is 140 cm³/mol. The molecule has 0 aliphatic carbocycles. The summed E-state index contributed by atoms with van der Waals surface area (Å²) in [6.07, 6.45) is -0.673. The number of halogens is 1. The van der Waals surface area contributed by atoms with Gasteiger partial charge in [-0.25, -0.2) is 9.59 Å². The number of rotatable bonds is 8. The first-order chi connectivity index (χ1) is 17.4. The summed E-state index contributed by atoms with van der Waals surface area (Å²) in [5, 5.41) is 5.71. The van der Waals surface area contributed by atoms with Gasteiger partial charge in [0.1, 0.15) is 23.6 Å². The lowest BCUT2D eigenvalue weighted by Crippen LogP contribution is -2.44.